The van der Waals surface area contributed by atoms with Gasteiger partial charge in [0, 0.05) is 24.0 Å². The Morgan fingerprint density at radius 3 is 2.70 bits per heavy atom. The average Bonchev–Trinajstić information content (AvgIpc) is 2.48. The summed E-state index contributed by atoms with van der Waals surface area (Å²) >= 11 is 0. The van der Waals surface area contributed by atoms with Crippen LogP contribution in [0.3, 0.4) is 0 Å². The van der Waals surface area contributed by atoms with E-state index >= 15 is 0 Å². The Labute approximate surface area is 117 Å². The van der Waals surface area contributed by atoms with Crippen LogP contribution in [-0.2, 0) is 4.79 Å². The van der Waals surface area contributed by atoms with Crippen molar-refractivity contribution < 1.29 is 4.79 Å². The summed E-state index contributed by atoms with van der Waals surface area (Å²) in [5, 5.41) is 3.85. The summed E-state index contributed by atoms with van der Waals surface area (Å²) in [7, 11) is 0. The molecular weight excluding hydrogens is 250 g/mol. The van der Waals surface area contributed by atoms with Crippen molar-refractivity contribution >= 4 is 18.2 Å². The van der Waals surface area contributed by atoms with Crippen LogP contribution in [0.1, 0.15) is 16.7 Å². The summed E-state index contributed by atoms with van der Waals surface area (Å²) in [6.07, 6.45) is 8.09. The van der Waals surface area contributed by atoms with Gasteiger partial charge in [0.15, 0.2) is 0 Å². The fraction of sp³-hybridized carbons (Fsp3) is 0.0625. The number of carbonyl (C=O) groups is 1. The molecule has 100 valence electrons. The van der Waals surface area contributed by atoms with Crippen LogP contribution in [0, 0.1) is 6.92 Å². The second-order valence-electron chi connectivity index (χ2n) is 4.26. The van der Waals surface area contributed by atoms with E-state index in [0.717, 1.165) is 11.1 Å². The SMILES string of the molecule is Cc1ccc(/C=C/C(=O)N/N=C\c2cccnc2)cc1. The Hall–Kier alpha value is -2.75. The molecule has 2 rings (SSSR count). The number of amides is 1. The molecule has 4 nitrogen and oxygen atoms in total. The predicted octanol–water partition coefficient (Wildman–Crippen LogP) is 2.55. The van der Waals surface area contributed by atoms with E-state index < -0.39 is 0 Å². The highest BCUT2D eigenvalue weighted by Crippen LogP contribution is 2.04. The van der Waals surface area contributed by atoms with Crippen LogP contribution in [0.2, 0.25) is 0 Å². The van der Waals surface area contributed by atoms with Crippen molar-refractivity contribution in [2.24, 2.45) is 5.10 Å². The molecule has 0 fully saturated rings. The molecule has 0 aliphatic heterocycles. The average molecular weight is 265 g/mol. The number of carbonyl (C=O) groups excluding carboxylic acids is 1. The van der Waals surface area contributed by atoms with Gasteiger partial charge in [-0.1, -0.05) is 35.9 Å². The molecule has 0 radical (unpaired) electrons. The second-order valence-corrected chi connectivity index (χ2v) is 4.26. The number of nitrogens with zero attached hydrogens (tertiary/aromatic N) is 2. The maximum atomic E-state index is 11.5. The van der Waals surface area contributed by atoms with E-state index in [1.807, 2.05) is 37.3 Å². The number of hydrogen-bond acceptors (Lipinski definition) is 3. The first kappa shape index (κ1) is 13.7. The third kappa shape index (κ3) is 4.49. The molecule has 0 saturated heterocycles. The third-order valence-electron chi connectivity index (χ3n) is 2.58. The summed E-state index contributed by atoms with van der Waals surface area (Å²) < 4.78 is 0. The molecule has 1 amide bonds. The molecule has 1 heterocycles. The predicted molar refractivity (Wildman–Crippen MR) is 80.2 cm³/mol. The van der Waals surface area contributed by atoms with Crippen LogP contribution >= 0.6 is 0 Å². The first-order chi connectivity index (χ1) is 9.74. The van der Waals surface area contributed by atoms with E-state index in [2.05, 4.69) is 15.5 Å². The number of aryl methyl sites for hydroxylation is 1. The normalized spacial score (nSPS) is 11.1. The van der Waals surface area contributed by atoms with Gasteiger partial charge >= 0.3 is 0 Å². The fourth-order valence-corrected chi connectivity index (χ4v) is 1.51. The number of hydrogen-bond donors (Lipinski definition) is 1. The summed E-state index contributed by atoms with van der Waals surface area (Å²) in [4.78, 5) is 15.5. The zero-order valence-electron chi connectivity index (χ0n) is 11.2. The molecule has 0 bridgehead atoms. The molecule has 1 aromatic carbocycles. The van der Waals surface area contributed by atoms with Gasteiger partial charge in [-0.15, -0.1) is 0 Å². The van der Waals surface area contributed by atoms with Crippen molar-refractivity contribution in [1.29, 1.82) is 0 Å². The van der Waals surface area contributed by atoms with E-state index in [1.54, 1.807) is 30.8 Å². The standard InChI is InChI=1S/C16H15N3O/c1-13-4-6-14(7-5-13)8-9-16(20)19-18-12-15-3-2-10-17-11-15/h2-12H,1H3,(H,19,20)/b9-8+,18-12-. The van der Waals surface area contributed by atoms with Gasteiger partial charge in [0.1, 0.15) is 0 Å². The number of pyridine rings is 1. The van der Waals surface area contributed by atoms with E-state index in [-0.39, 0.29) is 5.91 Å². The van der Waals surface area contributed by atoms with Crippen LogP contribution < -0.4 is 5.43 Å². The lowest BCUT2D eigenvalue weighted by Crippen LogP contribution is -2.14. The fourth-order valence-electron chi connectivity index (χ4n) is 1.51. The Kier molecular flexibility index (Phi) is 4.78. The largest absolute Gasteiger partial charge is 0.268 e. The molecule has 0 aliphatic carbocycles. The van der Waals surface area contributed by atoms with Gasteiger partial charge < -0.3 is 0 Å². The highest BCUT2D eigenvalue weighted by Gasteiger charge is 1.92. The molecule has 0 atom stereocenters. The Morgan fingerprint density at radius 2 is 2.00 bits per heavy atom. The topological polar surface area (TPSA) is 54.4 Å². The van der Waals surface area contributed by atoms with Crippen molar-refractivity contribution in [3.63, 3.8) is 0 Å². The quantitative estimate of drug-likeness (QED) is 0.524. The maximum Gasteiger partial charge on any atom is 0.264 e. The highest BCUT2D eigenvalue weighted by atomic mass is 16.2. The number of aromatic nitrogens is 1. The molecular formula is C16H15N3O. The van der Waals surface area contributed by atoms with Crippen LogP contribution in [0.15, 0.2) is 60.0 Å². The Bertz CT molecular complexity index is 616. The van der Waals surface area contributed by atoms with Crippen LogP contribution in [0.5, 0.6) is 0 Å². The van der Waals surface area contributed by atoms with Crippen LogP contribution in [-0.4, -0.2) is 17.1 Å². The van der Waals surface area contributed by atoms with Crippen molar-refractivity contribution in [3.05, 3.63) is 71.6 Å². The van der Waals surface area contributed by atoms with E-state index in [9.17, 15) is 4.79 Å². The van der Waals surface area contributed by atoms with Crippen molar-refractivity contribution in [3.8, 4) is 0 Å². The van der Waals surface area contributed by atoms with Gasteiger partial charge in [0.2, 0.25) is 0 Å². The number of benzene rings is 1. The first-order valence-corrected chi connectivity index (χ1v) is 6.22. The lowest BCUT2D eigenvalue weighted by atomic mass is 10.1. The molecule has 1 aromatic heterocycles. The molecule has 0 saturated carbocycles. The number of rotatable bonds is 4. The molecule has 1 N–H and O–H groups in total. The second kappa shape index (κ2) is 6.99. The maximum absolute atomic E-state index is 11.5. The summed E-state index contributed by atoms with van der Waals surface area (Å²) in [6.45, 7) is 2.02. The molecule has 20 heavy (non-hydrogen) atoms. The molecule has 0 aliphatic rings. The van der Waals surface area contributed by atoms with Gasteiger partial charge in [-0.05, 0) is 24.6 Å². The van der Waals surface area contributed by atoms with Gasteiger partial charge in [0.25, 0.3) is 5.91 Å². The van der Waals surface area contributed by atoms with Gasteiger partial charge in [-0.3, -0.25) is 9.78 Å². The lowest BCUT2D eigenvalue weighted by Gasteiger charge is -1.95. The van der Waals surface area contributed by atoms with Crippen molar-refractivity contribution in [2.75, 3.05) is 0 Å². The minimum absolute atomic E-state index is 0.272. The van der Waals surface area contributed by atoms with E-state index in [4.69, 9.17) is 0 Å². The smallest absolute Gasteiger partial charge is 0.264 e. The first-order valence-electron chi connectivity index (χ1n) is 6.22. The van der Waals surface area contributed by atoms with Gasteiger partial charge in [-0.2, -0.15) is 5.10 Å². The number of hydrazone groups is 1. The zero-order valence-corrected chi connectivity index (χ0v) is 11.2. The third-order valence-corrected chi connectivity index (χ3v) is 2.58. The summed E-state index contributed by atoms with van der Waals surface area (Å²) in [5.41, 5.74) is 5.42. The Balaban J connectivity index is 1.86. The minimum Gasteiger partial charge on any atom is -0.268 e. The molecule has 4 heteroatoms. The molecule has 0 spiro atoms. The monoisotopic (exact) mass is 265 g/mol. The van der Waals surface area contributed by atoms with Crippen molar-refractivity contribution in [2.45, 2.75) is 6.92 Å². The van der Waals surface area contributed by atoms with Crippen molar-refractivity contribution in [1.82, 2.24) is 10.4 Å². The van der Waals surface area contributed by atoms with Gasteiger partial charge in [0.05, 0.1) is 6.21 Å². The molecule has 0 unspecified atom stereocenters. The zero-order chi connectivity index (χ0) is 14.2. The van der Waals surface area contributed by atoms with E-state index in [1.165, 1.54) is 11.6 Å². The van der Waals surface area contributed by atoms with E-state index in [0.29, 0.717) is 0 Å². The van der Waals surface area contributed by atoms with Crippen LogP contribution in [0.25, 0.3) is 6.08 Å². The summed E-state index contributed by atoms with van der Waals surface area (Å²) in [6, 6.07) is 11.6. The van der Waals surface area contributed by atoms with Crippen LogP contribution in [0.4, 0.5) is 0 Å². The highest BCUT2D eigenvalue weighted by molar-refractivity contribution is 5.92. The molecule has 2 aromatic rings. The number of nitrogens with one attached hydrogen (secondary N) is 1. The Morgan fingerprint density at radius 1 is 1.20 bits per heavy atom. The van der Waals surface area contributed by atoms with Gasteiger partial charge in [-0.25, -0.2) is 5.43 Å². The summed E-state index contributed by atoms with van der Waals surface area (Å²) in [5.74, 6) is -0.272. The lowest BCUT2D eigenvalue weighted by molar-refractivity contribution is -0.116. The minimum atomic E-state index is -0.272.